The van der Waals surface area contributed by atoms with E-state index in [0.29, 0.717) is 134 Å². The number of pyridine rings is 1. The summed E-state index contributed by atoms with van der Waals surface area (Å²) >= 11 is 5.30. The Morgan fingerprint density at radius 1 is 0.333 bits per heavy atom. The van der Waals surface area contributed by atoms with Crippen LogP contribution in [0.3, 0.4) is 0 Å². The lowest BCUT2D eigenvalue weighted by atomic mass is 10.1. The van der Waals surface area contributed by atoms with E-state index in [1.165, 1.54) is 88.3 Å². The molecule has 0 bridgehead atoms. The number of benzene rings is 11. The van der Waals surface area contributed by atoms with Crippen LogP contribution >= 0.6 is 47.0 Å². The van der Waals surface area contributed by atoms with Crippen LogP contribution in [0.2, 0.25) is 0 Å². The number of rotatable bonds is 15. The lowest BCUT2D eigenvalue weighted by Gasteiger charge is -2.18. The van der Waals surface area contributed by atoms with Crippen molar-refractivity contribution in [2.45, 2.75) is 13.1 Å². The monoisotopic (exact) mass is 1750 g/mol. The van der Waals surface area contributed by atoms with E-state index in [2.05, 4.69) is 9.98 Å². The van der Waals surface area contributed by atoms with E-state index >= 15 is 0 Å². The van der Waals surface area contributed by atoms with Gasteiger partial charge in [-0.2, -0.15) is 0 Å². The predicted molar refractivity (Wildman–Crippen MR) is 494 cm³/mol. The fourth-order valence-corrected chi connectivity index (χ4v) is 17.4. The molecule has 8 aliphatic rings. The third-order valence-electron chi connectivity index (χ3n) is 19.5. The van der Waals surface area contributed by atoms with Gasteiger partial charge < -0.3 is 42.6 Å². The molecule has 1 aromatic heterocycles. The zero-order chi connectivity index (χ0) is 86.1. The summed E-state index contributed by atoms with van der Waals surface area (Å²) in [7, 11) is 1.62. The van der Waals surface area contributed by atoms with Gasteiger partial charge in [0.05, 0.1) is 73.9 Å². The number of halogens is 2. The fraction of sp³-hybridized carbons (Fsp3) is 0.112. The molecular weight excluding hydrogens is 1680 g/mol. The van der Waals surface area contributed by atoms with E-state index in [1.807, 2.05) is 249 Å². The average Bonchev–Trinajstić information content (AvgIpc) is 1.62. The Balaban J connectivity index is 0.000000119. The van der Waals surface area contributed by atoms with Gasteiger partial charge in [-0.1, -0.05) is 115 Å². The summed E-state index contributed by atoms with van der Waals surface area (Å²) in [5.41, 5.74) is 9.59. The zero-order valence-corrected chi connectivity index (χ0v) is 70.6. The van der Waals surface area contributed by atoms with E-state index in [0.717, 1.165) is 84.8 Å². The van der Waals surface area contributed by atoms with Crippen LogP contribution < -0.4 is 62.2 Å². The number of fused-ring (bicyclic) bond motifs is 4. The van der Waals surface area contributed by atoms with Gasteiger partial charge >= 0.3 is 0 Å². The van der Waals surface area contributed by atoms with Crippen LogP contribution in [-0.2, 0) is 32.3 Å². The summed E-state index contributed by atoms with van der Waals surface area (Å²) in [4.78, 5) is 84.9. The molecule has 8 aliphatic heterocycles. The highest BCUT2D eigenvalue weighted by Gasteiger charge is 2.39. The summed E-state index contributed by atoms with van der Waals surface area (Å²) in [6, 6.07) is 83.8. The number of aromatic nitrogens is 1. The van der Waals surface area contributed by atoms with Gasteiger partial charge in [-0.3, -0.25) is 53.7 Å². The van der Waals surface area contributed by atoms with E-state index in [4.69, 9.17) is 57.6 Å². The molecule has 9 heterocycles. The Hall–Kier alpha value is -14.5. The zero-order valence-electron chi connectivity index (χ0n) is 67.3. The summed E-state index contributed by atoms with van der Waals surface area (Å²) < 4.78 is 76.9. The van der Waals surface area contributed by atoms with E-state index < -0.39 is 5.82 Å². The van der Waals surface area contributed by atoms with Gasteiger partial charge in [-0.15, -0.1) is 0 Å². The Kier molecular flexibility index (Phi) is 26.5. The number of anilines is 4. The van der Waals surface area contributed by atoms with Crippen LogP contribution in [0.5, 0.6) is 51.7 Å². The maximum atomic E-state index is 13.5. The van der Waals surface area contributed by atoms with Crippen LogP contribution in [0, 0.1) is 11.6 Å². The minimum atomic E-state index is -0.394. The number of methoxy groups -OCH3 is 1. The van der Waals surface area contributed by atoms with Gasteiger partial charge in [0, 0.05) is 12.4 Å². The molecule has 126 heavy (non-hydrogen) atoms. The van der Waals surface area contributed by atoms with Gasteiger partial charge in [0.25, 0.3) is 23.6 Å². The number of thioether (sulfide) groups is 4. The number of para-hydroxylation sites is 4. The SMILES string of the molecule is COc1ccc(N=C2S/C(=C\c3ccc4c(c3)OCCO4)C(=O)N2c2ccccc2)cc1.O=C1/C(=C/c2ccc3c(c2)OCCO3)SC(=NCc2ccc(F)cc2)N1c1ccc(F)cc1.O=C1/C(=C/c2ccc3c(c2)OCCO3)SC(=NCc2cccnc2)N1c1ccccc1.O=C1/C(=C/c2ccc3c(c2)OCCO3)SC(=Nc2ccccc2)N1c1ccccc1. The average molecular weight is 1750 g/mol. The summed E-state index contributed by atoms with van der Waals surface area (Å²) in [5, 5.41) is 2.32. The second-order valence-electron chi connectivity index (χ2n) is 28.1. The van der Waals surface area contributed by atoms with Gasteiger partial charge in [-0.05, 0) is 269 Å². The molecular formula is C98H75F2N9O13S4. The number of amidine groups is 4. The van der Waals surface area contributed by atoms with Crippen LogP contribution in [0.4, 0.5) is 42.9 Å². The van der Waals surface area contributed by atoms with Gasteiger partial charge in [0.2, 0.25) is 0 Å². The maximum absolute atomic E-state index is 13.5. The van der Waals surface area contributed by atoms with Crippen LogP contribution in [-0.4, -0.2) is 109 Å². The van der Waals surface area contributed by atoms with Crippen molar-refractivity contribution in [3.05, 3.63) is 356 Å². The predicted octanol–water partition coefficient (Wildman–Crippen LogP) is 20.5. The summed E-state index contributed by atoms with van der Waals surface area (Å²) in [6.45, 7) is 4.89. The van der Waals surface area contributed by atoms with Gasteiger partial charge in [0.1, 0.15) is 70.2 Å². The van der Waals surface area contributed by atoms with E-state index in [-0.39, 0.29) is 36.0 Å². The number of aliphatic imine (C=N–C) groups is 4. The molecule has 0 spiro atoms. The number of amides is 4. The third-order valence-corrected chi connectivity index (χ3v) is 23.5. The molecule has 4 saturated heterocycles. The molecule has 22 nitrogen and oxygen atoms in total. The lowest BCUT2D eigenvalue weighted by Crippen LogP contribution is -2.28. The Bertz CT molecular complexity index is 6300. The molecule has 4 amide bonds. The second-order valence-corrected chi connectivity index (χ2v) is 32.1. The minimum absolute atomic E-state index is 0.101. The summed E-state index contributed by atoms with van der Waals surface area (Å²) in [6.07, 6.45) is 10.9. The quantitative estimate of drug-likeness (QED) is 0.0869. The topological polar surface area (TPSA) is 227 Å². The lowest BCUT2D eigenvalue weighted by molar-refractivity contribution is -0.114. The van der Waals surface area contributed by atoms with Gasteiger partial charge in [0.15, 0.2) is 66.7 Å². The summed E-state index contributed by atoms with van der Waals surface area (Å²) in [5.74, 6) is 5.00. The number of ether oxygens (including phenoxy) is 9. The number of hydrogen-bond acceptors (Lipinski definition) is 22. The molecule has 0 aliphatic carbocycles. The molecule has 20 rings (SSSR count). The van der Waals surface area contributed by atoms with Crippen molar-refractivity contribution < 1.29 is 70.6 Å². The first-order valence-corrected chi connectivity index (χ1v) is 43.1. The molecule has 0 radical (unpaired) electrons. The number of hydrogen-bond donors (Lipinski definition) is 0. The first kappa shape index (κ1) is 83.8. The van der Waals surface area contributed by atoms with Gasteiger partial charge in [-0.25, -0.2) is 18.8 Å². The minimum Gasteiger partial charge on any atom is -0.497 e. The van der Waals surface area contributed by atoms with E-state index in [1.54, 1.807) is 52.4 Å². The Labute approximate surface area is 740 Å². The standard InChI is InChI=1S/C25H18F2N2O3S.C25H20N2O4S.C24H19N3O3S.C24H18N2O3S/c26-18-4-1-16(2-5-18)15-28-25-29(20-8-6-19(27)7-9-20)24(30)23(33-25)14-17-3-10-21-22(13-17)32-12-11-31-21;1-29-20-10-8-18(9-11-20)26-25-27(19-5-3-2-4-6-19)24(28)23(32-25)16-17-7-12-21-22(15-17)31-14-13-30-21;28-23-22(14-17-8-9-20-21(13-17)30-12-11-29-20)31-24(26-16-18-5-4-10-25-15-18)27(23)19-6-2-1-3-7-19;27-23-22(16-17-11-12-20-21(15-17)29-14-13-28-20)30-24(25-18-7-3-1-4-8-18)26(23)19-9-5-2-6-10-19/h1-10,13-14H,11-12,15H2;2-12,15-16H,13-14H2,1H3;1-10,13-15H,11-12,16H2;1-12,15-16H,13-14H2/b23-14-,28-25?;23-16-,26-25?;22-14-,26-24?;22-16-,25-24?. The van der Waals surface area contributed by atoms with Crippen LogP contribution in [0.1, 0.15) is 33.4 Å². The molecule has 0 N–H and O–H groups in total. The molecule has 0 saturated carbocycles. The Morgan fingerprint density at radius 2 is 0.643 bits per heavy atom. The first-order valence-electron chi connectivity index (χ1n) is 39.9. The van der Waals surface area contributed by atoms with E-state index in [9.17, 15) is 28.0 Å². The van der Waals surface area contributed by atoms with Crippen molar-refractivity contribution >= 4 is 150 Å². The number of nitrogens with zero attached hydrogens (tertiary/aromatic N) is 9. The highest BCUT2D eigenvalue weighted by molar-refractivity contribution is 8.20. The molecule has 0 atom stereocenters. The van der Waals surface area contributed by atoms with Crippen molar-refractivity contribution in [1.82, 2.24) is 4.98 Å². The maximum Gasteiger partial charge on any atom is 0.271 e. The van der Waals surface area contributed by atoms with Crippen molar-refractivity contribution in [2.75, 3.05) is 79.6 Å². The van der Waals surface area contributed by atoms with Crippen molar-refractivity contribution in [3.8, 4) is 51.7 Å². The molecule has 11 aromatic carbocycles. The normalized spacial score (nSPS) is 18.0. The fourth-order valence-electron chi connectivity index (χ4n) is 13.5. The third kappa shape index (κ3) is 20.4. The smallest absolute Gasteiger partial charge is 0.271 e. The van der Waals surface area contributed by atoms with Crippen molar-refractivity contribution in [1.29, 1.82) is 0 Å². The first-order chi connectivity index (χ1) is 61.8. The highest BCUT2D eigenvalue weighted by atomic mass is 32.2. The molecule has 628 valence electrons. The molecule has 4 fully saturated rings. The van der Waals surface area contributed by atoms with Crippen LogP contribution in [0.25, 0.3) is 24.3 Å². The highest BCUT2D eigenvalue weighted by Crippen LogP contribution is 2.45. The largest absolute Gasteiger partial charge is 0.497 e. The van der Waals surface area contributed by atoms with Crippen molar-refractivity contribution in [2.24, 2.45) is 20.0 Å². The molecule has 28 heteroatoms. The molecule has 0 unspecified atom stereocenters. The van der Waals surface area contributed by atoms with Crippen molar-refractivity contribution in [3.63, 3.8) is 0 Å². The second kappa shape index (κ2) is 39.8. The number of carbonyl (C=O) groups is 4. The molecule has 12 aromatic rings. The number of carbonyl (C=O) groups excluding carboxylic acids is 4. The Morgan fingerprint density at radius 3 is 0.992 bits per heavy atom. The van der Waals surface area contributed by atoms with Crippen LogP contribution in [0.15, 0.2) is 331 Å².